The largest absolute Gasteiger partial charge is 0.277 e. The molecule has 21 heavy (non-hydrogen) atoms. The molecule has 0 spiro atoms. The second-order valence-electron chi connectivity index (χ2n) is 4.73. The molecule has 1 aliphatic heterocycles. The van der Waals surface area contributed by atoms with Gasteiger partial charge in [0, 0.05) is 0 Å². The molecule has 1 heterocycles. The first kappa shape index (κ1) is 14.3. The van der Waals surface area contributed by atoms with Gasteiger partial charge in [-0.3, -0.25) is 9.69 Å². The lowest BCUT2D eigenvalue weighted by atomic mass is 10.2. The van der Waals surface area contributed by atoms with Crippen LogP contribution >= 0.6 is 15.9 Å². The van der Waals surface area contributed by atoms with Crippen LogP contribution in [0.15, 0.2) is 58.3 Å². The van der Waals surface area contributed by atoms with Crippen molar-refractivity contribution in [2.24, 2.45) is 0 Å². The van der Waals surface area contributed by atoms with Crippen molar-refractivity contribution >= 4 is 43.0 Å². The highest BCUT2D eigenvalue weighted by Gasteiger charge is 2.37. The predicted molar refractivity (Wildman–Crippen MR) is 83.9 cm³/mol. The van der Waals surface area contributed by atoms with E-state index in [0.29, 0.717) is 11.4 Å². The lowest BCUT2D eigenvalue weighted by Crippen LogP contribution is -2.35. The van der Waals surface area contributed by atoms with Gasteiger partial charge < -0.3 is 0 Å². The van der Waals surface area contributed by atoms with Gasteiger partial charge >= 0.3 is 0 Å². The molecular formula is C15H12BrNO3S. The molecule has 4 nitrogen and oxygen atoms in total. The quantitative estimate of drug-likeness (QED) is 0.728. The van der Waals surface area contributed by atoms with Crippen molar-refractivity contribution < 1.29 is 13.2 Å². The molecule has 0 radical (unpaired) electrons. The Morgan fingerprint density at radius 3 is 1.86 bits per heavy atom. The van der Waals surface area contributed by atoms with E-state index in [4.69, 9.17) is 0 Å². The number of hydrogen-bond acceptors (Lipinski definition) is 3. The molecule has 0 fully saturated rings. The van der Waals surface area contributed by atoms with Crippen LogP contribution in [-0.4, -0.2) is 19.2 Å². The van der Waals surface area contributed by atoms with Crippen LogP contribution in [0.25, 0.3) is 0 Å². The molecule has 0 bridgehead atoms. The number of halogens is 1. The number of para-hydroxylation sites is 2. The van der Waals surface area contributed by atoms with E-state index in [-0.39, 0.29) is 15.7 Å². The topological polar surface area (TPSA) is 54.5 Å². The van der Waals surface area contributed by atoms with E-state index in [0.717, 1.165) is 0 Å². The lowest BCUT2D eigenvalue weighted by molar-refractivity contribution is -0.117. The number of amides is 1. The molecule has 0 aliphatic carbocycles. The first-order valence-corrected chi connectivity index (χ1v) is 8.75. The Hall–Kier alpha value is -1.66. The Morgan fingerprint density at radius 1 is 1.00 bits per heavy atom. The van der Waals surface area contributed by atoms with E-state index < -0.39 is 14.7 Å². The number of sulfone groups is 1. The first-order valence-electron chi connectivity index (χ1n) is 6.36. The number of anilines is 2. The Balaban J connectivity index is 2.37. The van der Waals surface area contributed by atoms with E-state index in [2.05, 4.69) is 15.9 Å². The predicted octanol–water partition coefficient (Wildman–Crippen LogP) is 3.28. The van der Waals surface area contributed by atoms with Crippen LogP contribution in [-0.2, 0) is 14.6 Å². The van der Waals surface area contributed by atoms with Gasteiger partial charge in [-0.15, -0.1) is 0 Å². The van der Waals surface area contributed by atoms with Crippen LogP contribution in [0.4, 0.5) is 11.4 Å². The molecule has 1 amide bonds. The molecule has 1 unspecified atom stereocenters. The third-order valence-electron chi connectivity index (χ3n) is 3.35. The highest BCUT2D eigenvalue weighted by atomic mass is 79.9. The Kier molecular flexibility index (Phi) is 3.37. The van der Waals surface area contributed by atoms with Crippen molar-refractivity contribution in [1.29, 1.82) is 0 Å². The van der Waals surface area contributed by atoms with Crippen molar-refractivity contribution in [3.63, 3.8) is 0 Å². The SMILES string of the molecule is CC(Br)C(=O)N1c2ccccc2S(=O)(=O)c2ccccc21. The van der Waals surface area contributed by atoms with Gasteiger partial charge in [-0.25, -0.2) is 8.42 Å². The van der Waals surface area contributed by atoms with Crippen molar-refractivity contribution in [2.75, 3.05) is 4.90 Å². The van der Waals surface area contributed by atoms with E-state index in [1.54, 1.807) is 43.3 Å². The third kappa shape index (κ3) is 2.10. The summed E-state index contributed by atoms with van der Waals surface area (Å²) in [6, 6.07) is 13.1. The summed E-state index contributed by atoms with van der Waals surface area (Å²) >= 11 is 3.27. The maximum Gasteiger partial charge on any atom is 0.245 e. The number of rotatable bonds is 1. The van der Waals surface area contributed by atoms with Crippen molar-refractivity contribution in [3.05, 3.63) is 48.5 Å². The number of hydrogen-bond donors (Lipinski definition) is 0. The van der Waals surface area contributed by atoms with Crippen LogP contribution in [0, 0.1) is 0 Å². The lowest BCUT2D eigenvalue weighted by Gasteiger charge is -2.31. The summed E-state index contributed by atoms with van der Waals surface area (Å²) in [5, 5.41) is 0. The molecule has 1 atom stereocenters. The van der Waals surface area contributed by atoms with Crippen LogP contribution in [0.5, 0.6) is 0 Å². The number of fused-ring (bicyclic) bond motifs is 2. The molecular weight excluding hydrogens is 354 g/mol. The van der Waals surface area contributed by atoms with E-state index in [1.165, 1.54) is 17.0 Å². The fourth-order valence-corrected chi connectivity index (χ4v) is 4.23. The molecule has 1 aliphatic rings. The minimum Gasteiger partial charge on any atom is -0.277 e. The van der Waals surface area contributed by atoms with Crippen molar-refractivity contribution in [3.8, 4) is 0 Å². The summed E-state index contributed by atoms with van der Waals surface area (Å²) in [5.41, 5.74) is 0.792. The maximum atomic E-state index is 12.7. The van der Waals surface area contributed by atoms with E-state index in [9.17, 15) is 13.2 Å². The average Bonchev–Trinajstić information content (AvgIpc) is 2.47. The van der Waals surface area contributed by atoms with Gasteiger partial charge in [0.05, 0.1) is 26.0 Å². The number of benzene rings is 2. The van der Waals surface area contributed by atoms with Crippen LogP contribution in [0.3, 0.4) is 0 Å². The first-order chi connectivity index (χ1) is 9.94. The van der Waals surface area contributed by atoms with Crippen LogP contribution < -0.4 is 4.90 Å². The molecule has 2 aromatic rings. The summed E-state index contributed by atoms with van der Waals surface area (Å²) in [6.45, 7) is 1.72. The monoisotopic (exact) mass is 365 g/mol. The number of carbonyl (C=O) groups excluding carboxylic acids is 1. The normalized spacial score (nSPS) is 16.8. The number of nitrogens with zero attached hydrogens (tertiary/aromatic N) is 1. The van der Waals surface area contributed by atoms with Crippen molar-refractivity contribution in [1.82, 2.24) is 0 Å². The molecule has 0 N–H and O–H groups in total. The summed E-state index contributed by atoms with van der Waals surface area (Å²) in [5.74, 6) is -0.204. The molecule has 108 valence electrons. The molecule has 6 heteroatoms. The number of alkyl halides is 1. The smallest absolute Gasteiger partial charge is 0.245 e. The van der Waals surface area contributed by atoms with Gasteiger partial charge in [0.25, 0.3) is 0 Å². The molecule has 0 saturated carbocycles. The van der Waals surface area contributed by atoms with Gasteiger partial charge in [-0.05, 0) is 31.2 Å². The Bertz CT molecular complexity index is 777. The van der Waals surface area contributed by atoms with Crippen LogP contribution in [0.2, 0.25) is 0 Å². The minimum atomic E-state index is -3.60. The van der Waals surface area contributed by atoms with Gasteiger partial charge in [0.2, 0.25) is 15.7 Å². The molecule has 2 aromatic carbocycles. The zero-order chi connectivity index (χ0) is 15.2. The summed E-state index contributed by atoms with van der Waals surface area (Å²) in [6.07, 6.45) is 0. The summed E-state index contributed by atoms with van der Waals surface area (Å²) in [4.78, 5) is 13.9. The highest BCUT2D eigenvalue weighted by molar-refractivity contribution is 9.10. The summed E-state index contributed by atoms with van der Waals surface area (Å²) in [7, 11) is -3.60. The fourth-order valence-electron chi connectivity index (χ4n) is 2.40. The Labute approximate surface area is 131 Å². The fraction of sp³-hybridized carbons (Fsp3) is 0.133. The van der Waals surface area contributed by atoms with Crippen LogP contribution in [0.1, 0.15) is 6.92 Å². The van der Waals surface area contributed by atoms with Gasteiger partial charge in [-0.2, -0.15) is 0 Å². The van der Waals surface area contributed by atoms with E-state index in [1.807, 2.05) is 0 Å². The average molecular weight is 366 g/mol. The molecule has 0 aromatic heterocycles. The van der Waals surface area contributed by atoms with Gasteiger partial charge in [0.15, 0.2) is 0 Å². The van der Waals surface area contributed by atoms with E-state index >= 15 is 0 Å². The maximum absolute atomic E-state index is 12.7. The third-order valence-corrected chi connectivity index (χ3v) is 5.59. The van der Waals surface area contributed by atoms with Gasteiger partial charge in [0.1, 0.15) is 0 Å². The molecule has 0 saturated heterocycles. The van der Waals surface area contributed by atoms with Gasteiger partial charge in [-0.1, -0.05) is 40.2 Å². The zero-order valence-corrected chi connectivity index (χ0v) is 13.6. The second kappa shape index (κ2) is 4.96. The highest BCUT2D eigenvalue weighted by Crippen LogP contribution is 2.44. The Morgan fingerprint density at radius 2 is 1.43 bits per heavy atom. The second-order valence-corrected chi connectivity index (χ2v) is 7.99. The minimum absolute atomic E-state index is 0.158. The molecule has 3 rings (SSSR count). The summed E-state index contributed by atoms with van der Waals surface area (Å²) < 4.78 is 25.4. The number of carbonyl (C=O) groups is 1. The zero-order valence-electron chi connectivity index (χ0n) is 11.2. The van der Waals surface area contributed by atoms with Crippen molar-refractivity contribution in [2.45, 2.75) is 21.5 Å². The standard InChI is InChI=1S/C15H12BrNO3S/c1-10(16)15(18)17-11-6-2-4-8-13(11)21(19,20)14-9-5-3-7-12(14)17/h2-10H,1H3.